The summed E-state index contributed by atoms with van der Waals surface area (Å²) in [5.74, 6) is 0. The Kier molecular flexibility index (Phi) is 120. The Bertz CT molecular complexity index is 51.0. The molecule has 0 amide bonds. The smallest absolute Gasteiger partial charge is 0.545 e. The molecule has 0 unspecified atom stereocenters. The second kappa shape index (κ2) is 53.5. The summed E-state index contributed by atoms with van der Waals surface area (Å²) in [5.41, 5.74) is 0. The fraction of sp³-hybridized carbons (Fsp3) is 0.625. The van der Waals surface area contributed by atoms with E-state index in [2.05, 4.69) is 20.4 Å². The van der Waals surface area contributed by atoms with E-state index in [4.69, 9.17) is 14.4 Å². The Balaban J connectivity index is -0.0000000239. The molecular weight excluding hydrogens is 263 g/mol. The molecule has 0 aliphatic heterocycles. The first-order valence-electron chi connectivity index (χ1n) is 3.21. The van der Waals surface area contributed by atoms with Crippen molar-refractivity contribution in [1.82, 2.24) is 0 Å². The molecule has 3 nitrogen and oxygen atoms in total. The first-order chi connectivity index (χ1) is 5.50. The monoisotopic (exact) mass is 278 g/mol. The van der Waals surface area contributed by atoms with Crippen LogP contribution in [0, 0.1) is 0 Å². The van der Waals surface area contributed by atoms with Crippen molar-refractivity contribution < 1.29 is 65.0 Å². The van der Waals surface area contributed by atoms with Gasteiger partial charge in [0.2, 0.25) is 0 Å². The van der Waals surface area contributed by atoms with Crippen molar-refractivity contribution in [3.05, 3.63) is 0 Å². The molecule has 0 heterocycles. The van der Waals surface area contributed by atoms with E-state index in [1.165, 1.54) is 32.1 Å². The summed E-state index contributed by atoms with van der Waals surface area (Å²) >= 11 is 0. The molecule has 0 spiro atoms. The van der Waals surface area contributed by atoms with Gasteiger partial charge in [-0.1, -0.05) is 32.1 Å². The third-order valence-electron chi connectivity index (χ3n) is 1.25. The van der Waals surface area contributed by atoms with E-state index >= 15 is 0 Å². The second-order valence-electron chi connectivity index (χ2n) is 1.77. The zero-order valence-electron chi connectivity index (χ0n) is 7.90. The third kappa shape index (κ3) is 44.8. The van der Waals surface area contributed by atoms with Crippen LogP contribution in [0.15, 0.2) is 0 Å². The number of hydrogen-bond donors (Lipinski definition) is 0. The first kappa shape index (κ1) is 29.2. The van der Waals surface area contributed by atoms with Gasteiger partial charge in [-0.3, -0.25) is 20.4 Å². The summed E-state index contributed by atoms with van der Waals surface area (Å²) < 4.78 is 0. The SMILES string of the molecule is C1CCCC1.[CH-]=O.[CH-]=O.[CH-]=O.[Mo+2].[Na+]. The molecule has 1 fully saturated rings. The molecule has 0 saturated heterocycles. The minimum Gasteiger partial charge on any atom is -0.545 e. The molecule has 70 valence electrons. The zero-order chi connectivity index (χ0) is 9.54. The summed E-state index contributed by atoms with van der Waals surface area (Å²) in [6.45, 7) is 9.75. The van der Waals surface area contributed by atoms with E-state index in [9.17, 15) is 0 Å². The van der Waals surface area contributed by atoms with Gasteiger partial charge in [0.1, 0.15) is 0 Å². The van der Waals surface area contributed by atoms with E-state index in [1.807, 2.05) is 0 Å². The quantitative estimate of drug-likeness (QED) is 0.296. The predicted octanol–water partition coefficient (Wildman–Crippen LogP) is -1.87. The fourth-order valence-corrected chi connectivity index (χ4v) is 0.884. The molecule has 5 heteroatoms. The standard InChI is InChI=1S/C5H10.3CHO.Mo.Na/c1-2-4-5-3-1;3*1-2;;/h1-5H2;3*1H;;/q;3*-1;+2;+1. The maximum atomic E-state index is 7.75. The van der Waals surface area contributed by atoms with Gasteiger partial charge >= 0.3 is 50.6 Å². The maximum Gasteiger partial charge on any atom is 2.00 e. The van der Waals surface area contributed by atoms with Gasteiger partial charge in [-0.15, -0.1) is 0 Å². The molecule has 13 heavy (non-hydrogen) atoms. The molecule has 0 atom stereocenters. The van der Waals surface area contributed by atoms with Crippen LogP contribution in [0.3, 0.4) is 0 Å². The van der Waals surface area contributed by atoms with Crippen molar-refractivity contribution in [1.29, 1.82) is 0 Å². The molecule has 0 aromatic rings. The van der Waals surface area contributed by atoms with Gasteiger partial charge in [0, 0.05) is 0 Å². The summed E-state index contributed by atoms with van der Waals surface area (Å²) in [4.78, 5) is 23.2. The average Bonchev–Trinajstić information content (AvgIpc) is 2.71. The topological polar surface area (TPSA) is 51.2 Å². The third-order valence-corrected chi connectivity index (χ3v) is 1.25. The van der Waals surface area contributed by atoms with Gasteiger partial charge in [-0.05, 0) is 0 Å². The number of carbonyl (C=O) groups excluding carboxylic acids is 3. The van der Waals surface area contributed by atoms with Crippen molar-refractivity contribution in [2.45, 2.75) is 32.1 Å². The Labute approximate surface area is 117 Å². The van der Waals surface area contributed by atoms with Crippen molar-refractivity contribution in [3.8, 4) is 0 Å². The zero-order valence-corrected chi connectivity index (χ0v) is 11.9. The average molecular weight is 276 g/mol. The van der Waals surface area contributed by atoms with E-state index in [0.717, 1.165) is 0 Å². The van der Waals surface area contributed by atoms with Gasteiger partial charge < -0.3 is 14.4 Å². The van der Waals surface area contributed by atoms with E-state index in [1.54, 1.807) is 0 Å². The van der Waals surface area contributed by atoms with Crippen LogP contribution in [-0.2, 0) is 35.4 Å². The van der Waals surface area contributed by atoms with Gasteiger partial charge in [-0.25, -0.2) is 0 Å². The summed E-state index contributed by atoms with van der Waals surface area (Å²) in [5, 5.41) is 0. The van der Waals surface area contributed by atoms with Crippen LogP contribution in [0.25, 0.3) is 0 Å². The largest absolute Gasteiger partial charge is 2.00 e. The van der Waals surface area contributed by atoms with Crippen molar-refractivity contribution in [2.75, 3.05) is 0 Å². The molecule has 0 radical (unpaired) electrons. The van der Waals surface area contributed by atoms with Crippen LogP contribution in [0.5, 0.6) is 0 Å². The van der Waals surface area contributed by atoms with Gasteiger partial charge in [0.15, 0.2) is 0 Å². The van der Waals surface area contributed by atoms with Crippen LogP contribution in [-0.4, -0.2) is 20.4 Å². The van der Waals surface area contributed by atoms with Gasteiger partial charge in [0.25, 0.3) is 0 Å². The summed E-state index contributed by atoms with van der Waals surface area (Å²) in [6.07, 6.45) is 7.50. The first-order valence-corrected chi connectivity index (χ1v) is 3.21. The van der Waals surface area contributed by atoms with Crippen LogP contribution in [0.4, 0.5) is 0 Å². The maximum absolute atomic E-state index is 7.75. The molecular formula is C8H13MoNaO3. The van der Waals surface area contributed by atoms with Crippen LogP contribution < -0.4 is 29.6 Å². The summed E-state index contributed by atoms with van der Waals surface area (Å²) in [7, 11) is 0. The van der Waals surface area contributed by atoms with E-state index in [0.29, 0.717) is 0 Å². The van der Waals surface area contributed by atoms with Crippen molar-refractivity contribution in [2.24, 2.45) is 0 Å². The van der Waals surface area contributed by atoms with Crippen LogP contribution in [0.2, 0.25) is 0 Å². The molecule has 0 aromatic heterocycles. The molecule has 1 rings (SSSR count). The van der Waals surface area contributed by atoms with Crippen molar-refractivity contribution >= 4 is 20.4 Å². The molecule has 1 aliphatic carbocycles. The normalized spacial score (nSPS) is 10.2. The number of rotatable bonds is 0. The fourth-order valence-electron chi connectivity index (χ4n) is 0.884. The molecule has 0 bridgehead atoms. The van der Waals surface area contributed by atoms with E-state index < -0.39 is 0 Å². The van der Waals surface area contributed by atoms with Gasteiger partial charge in [-0.2, -0.15) is 0 Å². The Morgan fingerprint density at radius 2 is 0.615 bits per heavy atom. The van der Waals surface area contributed by atoms with Gasteiger partial charge in [0.05, 0.1) is 0 Å². The van der Waals surface area contributed by atoms with E-state index in [-0.39, 0.29) is 50.6 Å². The van der Waals surface area contributed by atoms with Crippen molar-refractivity contribution in [3.63, 3.8) is 0 Å². The second-order valence-corrected chi connectivity index (χ2v) is 1.77. The Morgan fingerprint density at radius 3 is 0.692 bits per heavy atom. The molecule has 0 N–H and O–H groups in total. The number of hydrogen-bond acceptors (Lipinski definition) is 3. The Hall–Kier alpha value is 0.698. The van der Waals surface area contributed by atoms with Crippen LogP contribution in [0.1, 0.15) is 32.1 Å². The Morgan fingerprint density at radius 1 is 0.538 bits per heavy atom. The minimum absolute atomic E-state index is 0. The molecule has 0 aromatic carbocycles. The van der Waals surface area contributed by atoms with Crippen LogP contribution >= 0.6 is 0 Å². The minimum atomic E-state index is 0. The molecule has 1 aliphatic rings. The predicted molar refractivity (Wildman–Crippen MR) is 43.3 cm³/mol. The molecule has 1 saturated carbocycles. The summed E-state index contributed by atoms with van der Waals surface area (Å²) in [6, 6.07) is 0.